The standard InChI is InChI=1S/C20H15F2NO5/c1-11(24)27-16-17(25)20(2,13-8-14(21)10-15(22)9-13)28-19(16)23-18(26)12-6-4-3-5-7-12/h3-10H,1-2H3,(H,23,26). The second-order valence-electron chi connectivity index (χ2n) is 6.19. The zero-order chi connectivity index (χ0) is 20.5. The fourth-order valence-corrected chi connectivity index (χ4v) is 2.72. The summed E-state index contributed by atoms with van der Waals surface area (Å²) in [4.78, 5) is 36.7. The molecule has 6 nitrogen and oxygen atoms in total. The van der Waals surface area contributed by atoms with Crippen LogP contribution in [0.5, 0.6) is 0 Å². The first-order chi connectivity index (χ1) is 13.2. The average molecular weight is 387 g/mol. The van der Waals surface area contributed by atoms with Gasteiger partial charge >= 0.3 is 5.97 Å². The second kappa shape index (κ2) is 7.22. The van der Waals surface area contributed by atoms with Gasteiger partial charge in [0.2, 0.25) is 11.6 Å². The molecule has 1 unspecified atom stereocenters. The van der Waals surface area contributed by atoms with Crippen molar-refractivity contribution in [2.75, 3.05) is 0 Å². The highest BCUT2D eigenvalue weighted by Crippen LogP contribution is 2.39. The van der Waals surface area contributed by atoms with Crippen molar-refractivity contribution in [3.8, 4) is 0 Å². The van der Waals surface area contributed by atoms with E-state index < -0.39 is 46.5 Å². The SMILES string of the molecule is CC(=O)OC1=C(NC(=O)c2ccccc2)OC(C)(c2cc(F)cc(F)c2)C1=O. The predicted octanol–water partition coefficient (Wildman–Crippen LogP) is 2.94. The third-order valence-corrected chi connectivity index (χ3v) is 4.07. The molecular weight excluding hydrogens is 372 g/mol. The van der Waals surface area contributed by atoms with Gasteiger partial charge in [-0.1, -0.05) is 18.2 Å². The zero-order valence-electron chi connectivity index (χ0n) is 14.9. The largest absolute Gasteiger partial charge is 0.456 e. The fraction of sp³-hybridized carbons (Fsp3) is 0.150. The lowest BCUT2D eigenvalue weighted by molar-refractivity contribution is -0.142. The van der Waals surface area contributed by atoms with Crippen LogP contribution in [0.2, 0.25) is 0 Å². The Kier molecular flexibility index (Phi) is 4.96. The van der Waals surface area contributed by atoms with Crippen LogP contribution in [0.25, 0.3) is 0 Å². The molecule has 0 fully saturated rings. The van der Waals surface area contributed by atoms with Gasteiger partial charge in [-0.25, -0.2) is 8.78 Å². The van der Waals surface area contributed by atoms with Gasteiger partial charge in [-0.15, -0.1) is 0 Å². The molecule has 0 saturated carbocycles. The Balaban J connectivity index is 1.98. The number of hydrogen-bond donors (Lipinski definition) is 1. The quantitative estimate of drug-likeness (QED) is 0.816. The molecule has 2 aromatic rings. The van der Waals surface area contributed by atoms with E-state index >= 15 is 0 Å². The van der Waals surface area contributed by atoms with E-state index in [1.807, 2.05) is 0 Å². The van der Waals surface area contributed by atoms with E-state index in [-0.39, 0.29) is 11.1 Å². The van der Waals surface area contributed by atoms with Gasteiger partial charge in [0.1, 0.15) is 11.6 Å². The highest BCUT2D eigenvalue weighted by molar-refractivity contribution is 6.05. The van der Waals surface area contributed by atoms with E-state index in [1.54, 1.807) is 18.2 Å². The van der Waals surface area contributed by atoms with E-state index in [0.717, 1.165) is 19.1 Å². The summed E-state index contributed by atoms with van der Waals surface area (Å²) < 4.78 is 37.7. The molecule has 1 amide bonds. The van der Waals surface area contributed by atoms with Crippen LogP contribution in [0, 0.1) is 11.6 Å². The fourth-order valence-electron chi connectivity index (χ4n) is 2.72. The summed E-state index contributed by atoms with van der Waals surface area (Å²) in [5.41, 5.74) is -1.77. The summed E-state index contributed by atoms with van der Waals surface area (Å²) in [6, 6.07) is 10.5. The van der Waals surface area contributed by atoms with Gasteiger partial charge in [-0.3, -0.25) is 19.7 Å². The van der Waals surface area contributed by atoms with Crippen molar-refractivity contribution < 1.29 is 32.6 Å². The van der Waals surface area contributed by atoms with Crippen molar-refractivity contribution in [2.45, 2.75) is 19.4 Å². The van der Waals surface area contributed by atoms with Crippen LogP contribution in [0.4, 0.5) is 8.78 Å². The molecule has 2 aromatic carbocycles. The maximum Gasteiger partial charge on any atom is 0.308 e. The smallest absolute Gasteiger partial charge is 0.308 e. The molecule has 8 heteroatoms. The first kappa shape index (κ1) is 19.2. The van der Waals surface area contributed by atoms with Crippen molar-refractivity contribution in [2.24, 2.45) is 0 Å². The number of carbonyl (C=O) groups excluding carboxylic acids is 3. The Labute approximate surface area is 158 Å². The topological polar surface area (TPSA) is 81.7 Å². The predicted molar refractivity (Wildman–Crippen MR) is 92.5 cm³/mol. The zero-order valence-corrected chi connectivity index (χ0v) is 14.9. The van der Waals surface area contributed by atoms with E-state index in [9.17, 15) is 23.2 Å². The summed E-state index contributed by atoms with van der Waals surface area (Å²) >= 11 is 0. The van der Waals surface area contributed by atoms with Gasteiger partial charge in [0.05, 0.1) is 0 Å². The molecule has 1 aliphatic rings. The van der Waals surface area contributed by atoms with Crippen LogP contribution in [-0.2, 0) is 24.7 Å². The van der Waals surface area contributed by atoms with Gasteiger partial charge in [0.25, 0.3) is 11.7 Å². The molecule has 1 N–H and O–H groups in total. The Morgan fingerprint density at radius 2 is 1.68 bits per heavy atom. The van der Waals surface area contributed by atoms with Gasteiger partial charge in [0, 0.05) is 24.1 Å². The molecule has 0 aliphatic carbocycles. The maximum atomic E-state index is 13.6. The lowest BCUT2D eigenvalue weighted by Gasteiger charge is -2.23. The minimum atomic E-state index is -1.90. The van der Waals surface area contributed by atoms with Crippen LogP contribution < -0.4 is 5.32 Å². The monoisotopic (exact) mass is 387 g/mol. The molecule has 0 spiro atoms. The molecule has 144 valence electrons. The Morgan fingerprint density at radius 1 is 1.07 bits per heavy atom. The maximum absolute atomic E-state index is 13.6. The highest BCUT2D eigenvalue weighted by Gasteiger charge is 2.50. The number of ketones is 1. The second-order valence-corrected chi connectivity index (χ2v) is 6.19. The summed E-state index contributed by atoms with van der Waals surface area (Å²) in [7, 11) is 0. The number of ether oxygens (including phenoxy) is 2. The van der Waals surface area contributed by atoms with Gasteiger partial charge in [-0.05, 0) is 31.2 Å². The van der Waals surface area contributed by atoms with Gasteiger partial charge < -0.3 is 9.47 Å². The third kappa shape index (κ3) is 3.62. The number of Topliss-reactive ketones (excluding diaryl/α,β-unsaturated/α-hetero) is 1. The molecule has 1 heterocycles. The summed E-state index contributed by atoms with van der Waals surface area (Å²) in [5, 5.41) is 2.37. The van der Waals surface area contributed by atoms with Crippen LogP contribution in [0.15, 0.2) is 60.2 Å². The van der Waals surface area contributed by atoms with E-state index in [4.69, 9.17) is 9.47 Å². The molecule has 0 bridgehead atoms. The first-order valence-corrected chi connectivity index (χ1v) is 8.20. The number of esters is 1. The number of benzene rings is 2. The molecule has 0 radical (unpaired) electrons. The molecule has 1 aliphatic heterocycles. The minimum Gasteiger partial charge on any atom is -0.456 e. The van der Waals surface area contributed by atoms with E-state index in [2.05, 4.69) is 5.32 Å². The summed E-state index contributed by atoms with van der Waals surface area (Å²) in [6.45, 7) is 2.32. The van der Waals surface area contributed by atoms with Gasteiger partial charge in [-0.2, -0.15) is 0 Å². The van der Waals surface area contributed by atoms with Crippen LogP contribution in [0.1, 0.15) is 29.8 Å². The molecule has 0 saturated heterocycles. The first-order valence-electron chi connectivity index (χ1n) is 8.20. The van der Waals surface area contributed by atoms with Crippen molar-refractivity contribution in [1.82, 2.24) is 5.32 Å². The summed E-state index contributed by atoms with van der Waals surface area (Å²) in [5.74, 6) is -5.11. The number of rotatable bonds is 4. The molecular formula is C20H15F2NO5. The van der Waals surface area contributed by atoms with Crippen molar-refractivity contribution in [1.29, 1.82) is 0 Å². The van der Waals surface area contributed by atoms with Crippen molar-refractivity contribution in [3.05, 3.63) is 82.9 Å². The van der Waals surface area contributed by atoms with E-state index in [0.29, 0.717) is 6.07 Å². The lowest BCUT2D eigenvalue weighted by atomic mass is 9.91. The van der Waals surface area contributed by atoms with Crippen LogP contribution >= 0.6 is 0 Å². The third-order valence-electron chi connectivity index (χ3n) is 4.07. The van der Waals surface area contributed by atoms with Crippen molar-refractivity contribution >= 4 is 17.7 Å². The number of hydrogen-bond acceptors (Lipinski definition) is 5. The Bertz CT molecular complexity index is 983. The van der Waals surface area contributed by atoms with Crippen LogP contribution in [-0.4, -0.2) is 17.7 Å². The number of nitrogens with one attached hydrogen (secondary N) is 1. The summed E-state index contributed by atoms with van der Waals surface area (Å²) in [6.07, 6.45) is 0. The minimum absolute atomic E-state index is 0.136. The molecule has 0 aromatic heterocycles. The number of halogens is 2. The molecule has 1 atom stereocenters. The number of carbonyl (C=O) groups is 3. The normalized spacial score (nSPS) is 18.6. The van der Waals surface area contributed by atoms with Crippen molar-refractivity contribution in [3.63, 3.8) is 0 Å². The molecule has 3 rings (SSSR count). The lowest BCUT2D eigenvalue weighted by Crippen LogP contribution is -2.33. The van der Waals surface area contributed by atoms with E-state index in [1.165, 1.54) is 19.1 Å². The Morgan fingerprint density at radius 3 is 2.25 bits per heavy atom. The van der Waals surface area contributed by atoms with Crippen LogP contribution in [0.3, 0.4) is 0 Å². The molecule has 28 heavy (non-hydrogen) atoms. The van der Waals surface area contributed by atoms with Gasteiger partial charge in [0.15, 0.2) is 5.60 Å². The Hall–Kier alpha value is -3.55. The number of amides is 1. The highest BCUT2D eigenvalue weighted by atomic mass is 19.1. The average Bonchev–Trinajstić information content (AvgIpc) is 2.86.